The summed E-state index contributed by atoms with van der Waals surface area (Å²) in [6.45, 7) is 9.22. The van der Waals surface area contributed by atoms with Crippen molar-refractivity contribution in [3.05, 3.63) is 33.1 Å². The Labute approximate surface area is 122 Å². The Kier molecular flexibility index (Phi) is 3.87. The molecule has 0 aromatic carbocycles. The van der Waals surface area contributed by atoms with E-state index in [0.29, 0.717) is 6.61 Å². The number of aromatic nitrogens is 2. The highest BCUT2D eigenvalue weighted by molar-refractivity contribution is 7.09. The molecule has 1 unspecified atom stereocenters. The summed E-state index contributed by atoms with van der Waals surface area (Å²) in [5, 5.41) is 7.27. The van der Waals surface area contributed by atoms with Gasteiger partial charge in [-0.05, 0) is 20.8 Å². The van der Waals surface area contributed by atoms with Crippen molar-refractivity contribution >= 4 is 11.3 Å². The van der Waals surface area contributed by atoms with Crippen molar-refractivity contribution in [1.82, 2.24) is 15.0 Å². The summed E-state index contributed by atoms with van der Waals surface area (Å²) in [6, 6.07) is 0.224. The lowest BCUT2D eigenvalue weighted by Crippen LogP contribution is -2.39. The van der Waals surface area contributed by atoms with Gasteiger partial charge in [0.15, 0.2) is 0 Å². The van der Waals surface area contributed by atoms with Crippen LogP contribution in [0.5, 0.6) is 0 Å². The molecule has 1 fully saturated rings. The number of morpholine rings is 1. The SMILES string of the molecule is Cc1nc(C2COCCN2Cc2c(C)noc2C)cs1. The van der Waals surface area contributed by atoms with E-state index in [0.717, 1.165) is 41.9 Å². The van der Waals surface area contributed by atoms with Gasteiger partial charge >= 0.3 is 0 Å². The van der Waals surface area contributed by atoms with Gasteiger partial charge in [0, 0.05) is 24.0 Å². The summed E-state index contributed by atoms with van der Waals surface area (Å²) >= 11 is 1.69. The molecule has 3 rings (SSSR count). The summed E-state index contributed by atoms with van der Waals surface area (Å²) in [5.41, 5.74) is 3.27. The Bertz CT molecular complexity index is 574. The first-order valence-corrected chi connectivity index (χ1v) is 7.68. The average Bonchev–Trinajstić information content (AvgIpc) is 3.00. The fourth-order valence-corrected chi connectivity index (χ4v) is 3.22. The molecule has 1 atom stereocenters. The monoisotopic (exact) mass is 293 g/mol. The molecule has 1 aliphatic rings. The van der Waals surface area contributed by atoms with E-state index < -0.39 is 0 Å². The summed E-state index contributed by atoms with van der Waals surface area (Å²) in [4.78, 5) is 7.02. The fraction of sp³-hybridized carbons (Fsp3) is 0.571. The van der Waals surface area contributed by atoms with Crippen LogP contribution in [0.25, 0.3) is 0 Å². The van der Waals surface area contributed by atoms with Gasteiger partial charge in [0.2, 0.25) is 0 Å². The predicted molar refractivity (Wildman–Crippen MR) is 76.8 cm³/mol. The first-order valence-electron chi connectivity index (χ1n) is 6.80. The third-order valence-electron chi connectivity index (χ3n) is 3.76. The van der Waals surface area contributed by atoms with Crippen LogP contribution in [0.15, 0.2) is 9.90 Å². The summed E-state index contributed by atoms with van der Waals surface area (Å²) in [7, 11) is 0. The predicted octanol–water partition coefficient (Wildman–Crippen LogP) is 2.63. The average molecular weight is 293 g/mol. The second-order valence-corrected chi connectivity index (χ2v) is 6.22. The maximum absolute atomic E-state index is 5.64. The van der Waals surface area contributed by atoms with E-state index >= 15 is 0 Å². The van der Waals surface area contributed by atoms with Crippen LogP contribution < -0.4 is 0 Å². The standard InChI is InChI=1S/C14H19N3O2S/c1-9-12(10(2)19-16-9)6-17-4-5-18-7-14(17)13-8-20-11(3)15-13/h8,14H,4-7H2,1-3H3. The number of hydrogen-bond donors (Lipinski definition) is 0. The molecule has 0 N–H and O–H groups in total. The molecular formula is C14H19N3O2S. The van der Waals surface area contributed by atoms with Gasteiger partial charge in [0.25, 0.3) is 0 Å². The molecule has 2 aromatic heterocycles. The lowest BCUT2D eigenvalue weighted by molar-refractivity contribution is -0.0143. The molecule has 5 nitrogen and oxygen atoms in total. The van der Waals surface area contributed by atoms with Crippen LogP contribution >= 0.6 is 11.3 Å². The van der Waals surface area contributed by atoms with Crippen LogP contribution in [0, 0.1) is 20.8 Å². The molecule has 0 radical (unpaired) electrons. The van der Waals surface area contributed by atoms with E-state index in [1.54, 1.807) is 11.3 Å². The van der Waals surface area contributed by atoms with Crippen molar-refractivity contribution in [2.45, 2.75) is 33.4 Å². The maximum atomic E-state index is 5.64. The van der Waals surface area contributed by atoms with Crippen molar-refractivity contribution in [3.63, 3.8) is 0 Å². The zero-order valence-electron chi connectivity index (χ0n) is 12.0. The highest BCUT2D eigenvalue weighted by Gasteiger charge is 2.28. The third kappa shape index (κ3) is 2.63. The molecule has 20 heavy (non-hydrogen) atoms. The minimum atomic E-state index is 0.224. The molecule has 0 saturated carbocycles. The fourth-order valence-electron chi connectivity index (χ4n) is 2.56. The number of nitrogens with zero attached hydrogens (tertiary/aromatic N) is 3. The molecule has 2 aromatic rings. The first kappa shape index (κ1) is 13.7. The molecule has 1 aliphatic heterocycles. The maximum Gasteiger partial charge on any atom is 0.138 e. The smallest absolute Gasteiger partial charge is 0.138 e. The number of thiazole rings is 1. The molecule has 1 saturated heterocycles. The van der Waals surface area contributed by atoms with Crippen LogP contribution in [0.4, 0.5) is 0 Å². The molecule has 0 amide bonds. The van der Waals surface area contributed by atoms with Crippen molar-refractivity contribution in [2.75, 3.05) is 19.8 Å². The molecule has 6 heteroatoms. The van der Waals surface area contributed by atoms with Gasteiger partial charge < -0.3 is 9.26 Å². The van der Waals surface area contributed by atoms with E-state index in [-0.39, 0.29) is 6.04 Å². The van der Waals surface area contributed by atoms with Crippen molar-refractivity contribution in [2.24, 2.45) is 0 Å². The molecule has 108 valence electrons. The lowest BCUT2D eigenvalue weighted by atomic mass is 10.1. The van der Waals surface area contributed by atoms with Gasteiger partial charge in [-0.3, -0.25) is 4.90 Å². The van der Waals surface area contributed by atoms with Gasteiger partial charge in [0.1, 0.15) is 5.76 Å². The Hall–Kier alpha value is -1.24. The second kappa shape index (κ2) is 5.63. The zero-order chi connectivity index (χ0) is 14.1. The van der Waals surface area contributed by atoms with E-state index in [9.17, 15) is 0 Å². The van der Waals surface area contributed by atoms with Gasteiger partial charge in [-0.15, -0.1) is 11.3 Å². The Morgan fingerprint density at radius 2 is 2.25 bits per heavy atom. The Balaban J connectivity index is 1.82. The largest absolute Gasteiger partial charge is 0.378 e. The Morgan fingerprint density at radius 1 is 1.40 bits per heavy atom. The normalized spacial score (nSPS) is 20.4. The van der Waals surface area contributed by atoms with Gasteiger partial charge in [-0.1, -0.05) is 5.16 Å². The number of hydrogen-bond acceptors (Lipinski definition) is 6. The van der Waals surface area contributed by atoms with E-state index in [2.05, 4.69) is 20.4 Å². The molecular weight excluding hydrogens is 274 g/mol. The van der Waals surface area contributed by atoms with Crippen LogP contribution in [0.3, 0.4) is 0 Å². The summed E-state index contributed by atoms with van der Waals surface area (Å²) in [6.07, 6.45) is 0. The minimum absolute atomic E-state index is 0.224. The van der Waals surface area contributed by atoms with Crippen LogP contribution in [-0.2, 0) is 11.3 Å². The summed E-state index contributed by atoms with van der Waals surface area (Å²) < 4.78 is 10.9. The highest BCUT2D eigenvalue weighted by atomic mass is 32.1. The quantitative estimate of drug-likeness (QED) is 0.870. The van der Waals surface area contributed by atoms with Crippen molar-refractivity contribution in [3.8, 4) is 0 Å². The minimum Gasteiger partial charge on any atom is -0.378 e. The second-order valence-electron chi connectivity index (χ2n) is 5.16. The molecule has 3 heterocycles. The zero-order valence-corrected chi connectivity index (χ0v) is 12.9. The number of aryl methyl sites for hydroxylation is 3. The van der Waals surface area contributed by atoms with E-state index in [1.165, 1.54) is 5.56 Å². The number of ether oxygens (including phenoxy) is 1. The van der Waals surface area contributed by atoms with E-state index in [1.807, 2.05) is 20.8 Å². The van der Waals surface area contributed by atoms with E-state index in [4.69, 9.17) is 9.26 Å². The molecule has 0 spiro atoms. The summed E-state index contributed by atoms with van der Waals surface area (Å²) in [5.74, 6) is 0.905. The topological polar surface area (TPSA) is 51.4 Å². The lowest BCUT2D eigenvalue weighted by Gasteiger charge is -2.34. The van der Waals surface area contributed by atoms with Crippen LogP contribution in [-0.4, -0.2) is 34.8 Å². The van der Waals surface area contributed by atoms with Crippen molar-refractivity contribution in [1.29, 1.82) is 0 Å². The molecule has 0 aliphatic carbocycles. The highest BCUT2D eigenvalue weighted by Crippen LogP contribution is 2.28. The molecule has 0 bridgehead atoms. The van der Waals surface area contributed by atoms with Gasteiger partial charge in [-0.25, -0.2) is 4.98 Å². The van der Waals surface area contributed by atoms with Gasteiger partial charge in [-0.2, -0.15) is 0 Å². The first-order chi connectivity index (χ1) is 9.65. The van der Waals surface area contributed by atoms with Crippen molar-refractivity contribution < 1.29 is 9.26 Å². The van der Waals surface area contributed by atoms with Gasteiger partial charge in [0.05, 0.1) is 35.7 Å². The Morgan fingerprint density at radius 3 is 2.90 bits per heavy atom. The van der Waals surface area contributed by atoms with Crippen LogP contribution in [0.2, 0.25) is 0 Å². The third-order valence-corrected chi connectivity index (χ3v) is 4.55. The van der Waals surface area contributed by atoms with Crippen LogP contribution in [0.1, 0.15) is 33.8 Å². The number of rotatable bonds is 3.